The molecule has 1 atom stereocenters. The van der Waals surface area contributed by atoms with Gasteiger partial charge in [0.05, 0.1) is 6.61 Å². The first-order valence-electron chi connectivity index (χ1n) is 8.87. The largest absolute Gasteiger partial charge is 0.466 e. The number of rotatable bonds is 7. The fraction of sp³-hybridized carbons (Fsp3) is 0.647. The molecule has 2 aromatic rings. The first kappa shape index (κ1) is 17.4. The Morgan fingerprint density at radius 2 is 1.96 bits per heavy atom. The number of fused-ring (bicyclic) bond motifs is 1. The number of aromatic nitrogens is 4. The average Bonchev–Trinajstić information content (AvgIpc) is 3.19. The number of aryl methyl sites for hydroxylation is 1. The third-order valence-electron chi connectivity index (χ3n) is 5.05. The minimum Gasteiger partial charge on any atom is -0.466 e. The van der Waals surface area contributed by atoms with E-state index < -0.39 is 11.2 Å². The Bertz CT molecular complexity index is 844. The van der Waals surface area contributed by atoms with Crippen molar-refractivity contribution in [2.24, 2.45) is 11.8 Å². The summed E-state index contributed by atoms with van der Waals surface area (Å²) in [5.41, 5.74) is -0.423. The highest BCUT2D eigenvalue weighted by Crippen LogP contribution is 2.35. The summed E-state index contributed by atoms with van der Waals surface area (Å²) in [7, 11) is 0. The summed E-state index contributed by atoms with van der Waals surface area (Å²) in [6.07, 6.45) is 7.41. The smallest absolute Gasteiger partial charge is 0.327 e. The van der Waals surface area contributed by atoms with E-state index in [-0.39, 0.29) is 5.97 Å². The van der Waals surface area contributed by atoms with Crippen LogP contribution in [-0.2, 0) is 16.0 Å². The molecule has 1 aliphatic rings. The average molecular weight is 348 g/mol. The molecule has 2 heterocycles. The molecule has 8 heteroatoms. The van der Waals surface area contributed by atoms with Gasteiger partial charge in [-0.15, -0.1) is 0 Å². The van der Waals surface area contributed by atoms with Crippen LogP contribution in [0.5, 0.6) is 0 Å². The van der Waals surface area contributed by atoms with Crippen LogP contribution in [0.1, 0.15) is 51.3 Å². The first-order valence-corrected chi connectivity index (χ1v) is 8.87. The fourth-order valence-corrected chi connectivity index (χ4v) is 3.82. The number of nitrogens with zero attached hydrogens (tertiary/aromatic N) is 1. The summed E-state index contributed by atoms with van der Waals surface area (Å²) in [6.45, 7) is 1.88. The zero-order valence-corrected chi connectivity index (χ0v) is 14.4. The van der Waals surface area contributed by atoms with E-state index in [1.807, 2.05) is 0 Å². The van der Waals surface area contributed by atoms with Crippen LogP contribution in [0.15, 0.2) is 9.59 Å². The number of hydrogen-bond donors (Lipinski definition) is 3. The molecule has 25 heavy (non-hydrogen) atoms. The Kier molecular flexibility index (Phi) is 5.35. The van der Waals surface area contributed by atoms with Crippen molar-refractivity contribution in [2.45, 2.75) is 51.9 Å². The van der Waals surface area contributed by atoms with Crippen LogP contribution in [0.4, 0.5) is 0 Å². The lowest BCUT2D eigenvalue weighted by atomic mass is 9.85. The van der Waals surface area contributed by atoms with Crippen molar-refractivity contribution in [3.63, 3.8) is 0 Å². The number of carbonyl (C=O) groups excluding carboxylic acids is 1. The van der Waals surface area contributed by atoms with Crippen LogP contribution in [0.25, 0.3) is 11.2 Å². The maximum atomic E-state index is 11.8. The SMILES string of the molecule is CC(=O)OCCC(CCc1nc2[nH]c(=O)[nH]c(=O)c2[nH]1)C1CCCC1. The lowest BCUT2D eigenvalue weighted by Gasteiger charge is -2.22. The summed E-state index contributed by atoms with van der Waals surface area (Å²) >= 11 is 0. The zero-order chi connectivity index (χ0) is 17.8. The maximum absolute atomic E-state index is 11.8. The van der Waals surface area contributed by atoms with Crippen molar-refractivity contribution in [3.8, 4) is 0 Å². The van der Waals surface area contributed by atoms with E-state index in [1.165, 1.54) is 32.6 Å². The molecule has 1 fully saturated rings. The van der Waals surface area contributed by atoms with Gasteiger partial charge in [0, 0.05) is 13.3 Å². The maximum Gasteiger partial charge on any atom is 0.327 e. The number of hydrogen-bond acceptors (Lipinski definition) is 5. The molecule has 0 aromatic carbocycles. The molecule has 8 nitrogen and oxygen atoms in total. The lowest BCUT2D eigenvalue weighted by Crippen LogP contribution is -2.21. The number of carbonyl (C=O) groups is 1. The zero-order valence-electron chi connectivity index (χ0n) is 14.4. The molecule has 0 bridgehead atoms. The summed E-state index contributed by atoms with van der Waals surface area (Å²) in [5, 5.41) is 0. The molecular formula is C17H24N4O4. The van der Waals surface area contributed by atoms with Gasteiger partial charge in [-0.25, -0.2) is 9.78 Å². The third-order valence-corrected chi connectivity index (χ3v) is 5.05. The van der Waals surface area contributed by atoms with Crippen molar-refractivity contribution < 1.29 is 9.53 Å². The molecule has 0 aliphatic heterocycles. The van der Waals surface area contributed by atoms with E-state index in [0.717, 1.165) is 12.8 Å². The number of ether oxygens (including phenoxy) is 1. The number of esters is 1. The quantitative estimate of drug-likeness (QED) is 0.657. The summed E-state index contributed by atoms with van der Waals surface area (Å²) < 4.78 is 5.11. The second-order valence-electron chi connectivity index (χ2n) is 6.79. The van der Waals surface area contributed by atoms with E-state index in [9.17, 15) is 14.4 Å². The highest BCUT2D eigenvalue weighted by molar-refractivity contribution is 5.68. The van der Waals surface area contributed by atoms with Crippen molar-refractivity contribution in [1.82, 2.24) is 19.9 Å². The molecule has 3 N–H and O–H groups in total. The molecule has 0 amide bonds. The molecule has 3 rings (SSSR count). The van der Waals surface area contributed by atoms with Crippen LogP contribution in [0.2, 0.25) is 0 Å². The van der Waals surface area contributed by atoms with Gasteiger partial charge in [-0.2, -0.15) is 0 Å². The van der Waals surface area contributed by atoms with Gasteiger partial charge in [-0.05, 0) is 24.7 Å². The van der Waals surface area contributed by atoms with E-state index in [2.05, 4.69) is 19.9 Å². The predicted octanol–water partition coefficient (Wildman–Crippen LogP) is 1.63. The van der Waals surface area contributed by atoms with Crippen LogP contribution >= 0.6 is 0 Å². The molecule has 0 radical (unpaired) electrons. The Hall–Kier alpha value is -2.38. The van der Waals surface area contributed by atoms with Crippen molar-refractivity contribution in [1.29, 1.82) is 0 Å². The number of aromatic amines is 3. The van der Waals surface area contributed by atoms with Gasteiger partial charge in [0.25, 0.3) is 5.56 Å². The number of nitrogens with one attached hydrogen (secondary N) is 3. The van der Waals surface area contributed by atoms with Crippen LogP contribution in [-0.4, -0.2) is 32.5 Å². The monoisotopic (exact) mass is 348 g/mol. The Labute approximate surface area is 144 Å². The van der Waals surface area contributed by atoms with E-state index >= 15 is 0 Å². The number of H-pyrrole nitrogens is 3. The van der Waals surface area contributed by atoms with Crippen LogP contribution in [0, 0.1) is 11.8 Å². The molecular weight excluding hydrogens is 324 g/mol. The first-order chi connectivity index (χ1) is 12.0. The van der Waals surface area contributed by atoms with E-state index in [0.29, 0.717) is 41.9 Å². The van der Waals surface area contributed by atoms with Gasteiger partial charge in [0.1, 0.15) is 11.3 Å². The van der Waals surface area contributed by atoms with Gasteiger partial charge in [-0.1, -0.05) is 25.7 Å². The Balaban J connectivity index is 1.67. The van der Waals surface area contributed by atoms with Crippen molar-refractivity contribution >= 4 is 17.1 Å². The minimum atomic E-state index is -0.555. The van der Waals surface area contributed by atoms with Crippen LogP contribution < -0.4 is 11.2 Å². The summed E-state index contributed by atoms with van der Waals surface area (Å²) in [5.74, 6) is 1.57. The molecule has 1 unspecified atom stereocenters. The van der Waals surface area contributed by atoms with Gasteiger partial charge >= 0.3 is 11.7 Å². The van der Waals surface area contributed by atoms with Gasteiger partial charge in [-0.3, -0.25) is 19.6 Å². The highest BCUT2D eigenvalue weighted by atomic mass is 16.5. The summed E-state index contributed by atoms with van der Waals surface area (Å²) in [6, 6.07) is 0. The van der Waals surface area contributed by atoms with Gasteiger partial charge in [0.2, 0.25) is 0 Å². The molecule has 136 valence electrons. The number of imidazole rings is 1. The third kappa shape index (κ3) is 4.37. The predicted molar refractivity (Wildman–Crippen MR) is 92.4 cm³/mol. The second kappa shape index (κ2) is 7.67. The topological polar surface area (TPSA) is 121 Å². The molecule has 1 saturated carbocycles. The molecule has 0 saturated heterocycles. The van der Waals surface area contributed by atoms with Gasteiger partial charge in [0.15, 0.2) is 5.65 Å². The van der Waals surface area contributed by atoms with Gasteiger partial charge < -0.3 is 9.72 Å². The standard InChI is InChI=1S/C17H24N4O4/c1-10(22)25-9-8-12(11-4-2-3-5-11)6-7-13-18-14-15(19-13)20-17(24)21-16(14)23/h11-12H,2-9H2,1H3,(H3,18,19,20,21,23,24). The Morgan fingerprint density at radius 3 is 2.68 bits per heavy atom. The molecule has 2 aromatic heterocycles. The fourth-order valence-electron chi connectivity index (χ4n) is 3.82. The molecule has 1 aliphatic carbocycles. The van der Waals surface area contributed by atoms with Crippen molar-refractivity contribution in [2.75, 3.05) is 6.61 Å². The van der Waals surface area contributed by atoms with Crippen molar-refractivity contribution in [3.05, 3.63) is 26.7 Å². The Morgan fingerprint density at radius 1 is 1.20 bits per heavy atom. The highest BCUT2D eigenvalue weighted by Gasteiger charge is 2.25. The van der Waals surface area contributed by atoms with E-state index in [1.54, 1.807) is 0 Å². The molecule has 0 spiro atoms. The minimum absolute atomic E-state index is 0.245. The van der Waals surface area contributed by atoms with Crippen LogP contribution in [0.3, 0.4) is 0 Å². The normalized spacial score (nSPS) is 16.4. The van der Waals surface area contributed by atoms with E-state index in [4.69, 9.17) is 4.74 Å². The lowest BCUT2D eigenvalue weighted by molar-refractivity contribution is -0.141. The summed E-state index contributed by atoms with van der Waals surface area (Å²) in [4.78, 5) is 46.1. The second-order valence-corrected chi connectivity index (χ2v) is 6.79.